The predicted octanol–water partition coefficient (Wildman–Crippen LogP) is 0.494. The van der Waals surface area contributed by atoms with E-state index in [1.54, 1.807) is 0 Å². The lowest BCUT2D eigenvalue weighted by molar-refractivity contribution is -0.138. The molecule has 1 heterocycles. The zero-order valence-corrected chi connectivity index (χ0v) is 5.50. The molecule has 0 aromatic heterocycles. The summed E-state index contributed by atoms with van der Waals surface area (Å²) in [4.78, 5) is 10.2. The third kappa shape index (κ3) is 1.21. The molecule has 1 fully saturated rings. The molecule has 0 amide bonds. The molecular formula is C6H10O3. The van der Waals surface area contributed by atoms with Crippen LogP contribution in [0.5, 0.6) is 0 Å². The number of carboxylic acid groups (broad SMARTS) is 1. The van der Waals surface area contributed by atoms with Crippen LogP contribution in [0.1, 0.15) is 13.8 Å². The number of hydrogen-bond donors (Lipinski definition) is 1. The summed E-state index contributed by atoms with van der Waals surface area (Å²) < 4.78 is 4.84. The zero-order valence-electron chi connectivity index (χ0n) is 5.50. The summed E-state index contributed by atoms with van der Waals surface area (Å²) in [6, 6.07) is 0. The number of rotatable bonds is 2. The first-order chi connectivity index (χ1) is 4.13. The van der Waals surface area contributed by atoms with Gasteiger partial charge in [0.05, 0.1) is 6.10 Å². The number of aliphatic carboxylic acids is 1. The van der Waals surface area contributed by atoms with E-state index in [9.17, 15) is 4.79 Å². The monoisotopic (exact) mass is 130 g/mol. The van der Waals surface area contributed by atoms with Crippen molar-refractivity contribution in [1.29, 1.82) is 0 Å². The van der Waals surface area contributed by atoms with Gasteiger partial charge in [0.2, 0.25) is 0 Å². The van der Waals surface area contributed by atoms with Crippen LogP contribution in [0.4, 0.5) is 0 Å². The van der Waals surface area contributed by atoms with Crippen LogP contribution in [0.25, 0.3) is 0 Å². The van der Waals surface area contributed by atoms with E-state index in [2.05, 4.69) is 0 Å². The number of carbonyl (C=O) groups is 1. The van der Waals surface area contributed by atoms with Crippen LogP contribution in [0.15, 0.2) is 0 Å². The van der Waals surface area contributed by atoms with Gasteiger partial charge in [-0.05, 0) is 5.92 Å². The third-order valence-electron chi connectivity index (χ3n) is 1.43. The van der Waals surface area contributed by atoms with Gasteiger partial charge in [-0.25, -0.2) is 4.79 Å². The summed E-state index contributed by atoms with van der Waals surface area (Å²) >= 11 is 0. The van der Waals surface area contributed by atoms with Gasteiger partial charge in [0.25, 0.3) is 0 Å². The first-order valence-electron chi connectivity index (χ1n) is 3.01. The first kappa shape index (κ1) is 6.55. The molecule has 1 aliphatic rings. The van der Waals surface area contributed by atoms with E-state index in [4.69, 9.17) is 9.84 Å². The second-order valence-corrected chi connectivity index (χ2v) is 2.60. The SMILES string of the molecule is CC(C)[C@H]1O[C@H]1C(=O)O. The molecule has 52 valence electrons. The maximum Gasteiger partial charge on any atom is 0.335 e. The van der Waals surface area contributed by atoms with Crippen LogP contribution in [-0.2, 0) is 9.53 Å². The van der Waals surface area contributed by atoms with Crippen LogP contribution in [-0.4, -0.2) is 23.3 Å². The Hall–Kier alpha value is -0.570. The largest absolute Gasteiger partial charge is 0.479 e. The van der Waals surface area contributed by atoms with Gasteiger partial charge >= 0.3 is 5.97 Å². The van der Waals surface area contributed by atoms with Crippen molar-refractivity contribution in [3.8, 4) is 0 Å². The fourth-order valence-corrected chi connectivity index (χ4v) is 0.829. The number of carboxylic acids is 1. The molecule has 0 saturated carbocycles. The molecule has 9 heavy (non-hydrogen) atoms. The summed E-state index contributed by atoms with van der Waals surface area (Å²) in [6.07, 6.45) is -0.563. The van der Waals surface area contributed by atoms with Crippen molar-refractivity contribution in [2.75, 3.05) is 0 Å². The fraction of sp³-hybridized carbons (Fsp3) is 0.833. The van der Waals surface area contributed by atoms with Crippen molar-refractivity contribution in [3.63, 3.8) is 0 Å². The van der Waals surface area contributed by atoms with Crippen LogP contribution < -0.4 is 0 Å². The average Bonchev–Trinajstić information content (AvgIpc) is 2.39. The van der Waals surface area contributed by atoms with Gasteiger partial charge in [0.1, 0.15) is 0 Å². The minimum absolute atomic E-state index is 0.0394. The molecule has 0 unspecified atom stereocenters. The molecule has 3 heteroatoms. The van der Waals surface area contributed by atoms with E-state index >= 15 is 0 Å². The highest BCUT2D eigenvalue weighted by Crippen LogP contribution is 2.28. The highest BCUT2D eigenvalue weighted by atomic mass is 16.6. The normalized spacial score (nSPS) is 32.8. The zero-order chi connectivity index (χ0) is 7.02. The molecule has 0 aliphatic carbocycles. The third-order valence-corrected chi connectivity index (χ3v) is 1.43. The lowest BCUT2D eigenvalue weighted by Crippen LogP contribution is -2.11. The Kier molecular flexibility index (Phi) is 1.45. The smallest absolute Gasteiger partial charge is 0.335 e. The molecule has 1 aliphatic heterocycles. The number of epoxide rings is 1. The highest BCUT2D eigenvalue weighted by Gasteiger charge is 2.46. The summed E-state index contributed by atoms with van der Waals surface area (Å²) in [7, 11) is 0. The lowest BCUT2D eigenvalue weighted by Gasteiger charge is -1.93. The molecule has 0 aromatic carbocycles. The Morgan fingerprint density at radius 2 is 2.22 bits per heavy atom. The maximum atomic E-state index is 10.2. The van der Waals surface area contributed by atoms with E-state index in [1.165, 1.54) is 0 Å². The minimum atomic E-state index is -0.839. The Morgan fingerprint density at radius 3 is 2.33 bits per heavy atom. The molecule has 2 atom stereocenters. The summed E-state index contributed by atoms with van der Waals surface area (Å²) in [6.45, 7) is 3.90. The quantitative estimate of drug-likeness (QED) is 0.553. The maximum absolute atomic E-state index is 10.2. The summed E-state index contributed by atoms with van der Waals surface area (Å²) in [5.41, 5.74) is 0. The Morgan fingerprint density at radius 1 is 1.67 bits per heavy atom. The second kappa shape index (κ2) is 1.99. The van der Waals surface area contributed by atoms with Crippen molar-refractivity contribution in [2.45, 2.75) is 26.1 Å². The molecule has 0 radical (unpaired) electrons. The standard InChI is InChI=1S/C6H10O3/c1-3(2)4-5(9-4)6(7)8/h3-5H,1-2H3,(H,7,8)/t4-,5-/m1/s1. The van der Waals surface area contributed by atoms with Gasteiger partial charge in [0.15, 0.2) is 6.10 Å². The molecule has 3 nitrogen and oxygen atoms in total. The van der Waals surface area contributed by atoms with E-state index in [-0.39, 0.29) is 6.10 Å². The molecule has 1 saturated heterocycles. The predicted molar refractivity (Wildman–Crippen MR) is 31.1 cm³/mol. The highest BCUT2D eigenvalue weighted by molar-refractivity contribution is 5.75. The lowest BCUT2D eigenvalue weighted by atomic mass is 10.1. The van der Waals surface area contributed by atoms with Gasteiger partial charge in [-0.1, -0.05) is 13.8 Å². The van der Waals surface area contributed by atoms with Gasteiger partial charge in [-0.3, -0.25) is 0 Å². The average molecular weight is 130 g/mol. The van der Waals surface area contributed by atoms with Gasteiger partial charge in [0, 0.05) is 0 Å². The van der Waals surface area contributed by atoms with Gasteiger partial charge in [-0.2, -0.15) is 0 Å². The van der Waals surface area contributed by atoms with Crippen molar-refractivity contribution in [3.05, 3.63) is 0 Å². The fourth-order valence-electron chi connectivity index (χ4n) is 0.829. The van der Waals surface area contributed by atoms with Gasteiger partial charge < -0.3 is 9.84 Å². The van der Waals surface area contributed by atoms with Crippen molar-refractivity contribution in [2.24, 2.45) is 5.92 Å². The van der Waals surface area contributed by atoms with E-state index < -0.39 is 12.1 Å². The Labute approximate surface area is 53.6 Å². The van der Waals surface area contributed by atoms with Crippen molar-refractivity contribution >= 4 is 5.97 Å². The summed E-state index contributed by atoms with van der Waals surface area (Å²) in [5.74, 6) is -0.514. The molecule has 0 bridgehead atoms. The molecule has 1 rings (SSSR count). The number of ether oxygens (including phenoxy) is 1. The minimum Gasteiger partial charge on any atom is -0.479 e. The van der Waals surface area contributed by atoms with Crippen molar-refractivity contribution < 1.29 is 14.6 Å². The van der Waals surface area contributed by atoms with Crippen LogP contribution in [0, 0.1) is 5.92 Å². The van der Waals surface area contributed by atoms with Crippen LogP contribution in [0.3, 0.4) is 0 Å². The Balaban J connectivity index is 2.33. The van der Waals surface area contributed by atoms with E-state index in [1.807, 2.05) is 13.8 Å². The van der Waals surface area contributed by atoms with Crippen molar-refractivity contribution in [1.82, 2.24) is 0 Å². The van der Waals surface area contributed by atoms with E-state index in [0.717, 1.165) is 0 Å². The topological polar surface area (TPSA) is 49.8 Å². The molecule has 0 spiro atoms. The second-order valence-electron chi connectivity index (χ2n) is 2.60. The molecule has 0 aromatic rings. The van der Waals surface area contributed by atoms with E-state index in [0.29, 0.717) is 5.92 Å². The van der Waals surface area contributed by atoms with Crippen LogP contribution in [0.2, 0.25) is 0 Å². The molecular weight excluding hydrogens is 120 g/mol. The van der Waals surface area contributed by atoms with Crippen LogP contribution >= 0.6 is 0 Å². The summed E-state index contributed by atoms with van der Waals surface area (Å²) in [5, 5.41) is 8.35. The van der Waals surface area contributed by atoms with Gasteiger partial charge in [-0.15, -0.1) is 0 Å². The first-order valence-corrected chi connectivity index (χ1v) is 3.01. The molecule has 1 N–H and O–H groups in total. The Bertz CT molecular complexity index is 130. The number of hydrogen-bond acceptors (Lipinski definition) is 2.